The Hall–Kier alpha value is -1.27. The maximum Gasteiger partial charge on any atom is 0.243 e. The van der Waals surface area contributed by atoms with E-state index in [1.165, 1.54) is 23.5 Å². The van der Waals surface area contributed by atoms with Gasteiger partial charge >= 0.3 is 0 Å². The summed E-state index contributed by atoms with van der Waals surface area (Å²) in [5.41, 5.74) is 6.11. The minimum Gasteiger partial charge on any atom is -0.495 e. The Kier molecular flexibility index (Phi) is 4.81. The van der Waals surface area contributed by atoms with E-state index < -0.39 is 10.0 Å². The van der Waals surface area contributed by atoms with Crippen molar-refractivity contribution in [2.24, 2.45) is 5.92 Å². The first kappa shape index (κ1) is 15.8. The van der Waals surface area contributed by atoms with E-state index in [2.05, 4.69) is 0 Å². The third-order valence-corrected chi connectivity index (χ3v) is 5.36. The molecule has 0 aliphatic heterocycles. The van der Waals surface area contributed by atoms with Gasteiger partial charge in [-0.2, -0.15) is 4.31 Å². The number of methoxy groups -OCH3 is 1. The average Bonchev–Trinajstić information content (AvgIpc) is 2.36. The topological polar surface area (TPSA) is 72.6 Å². The minimum absolute atomic E-state index is 0.0893. The van der Waals surface area contributed by atoms with Crippen LogP contribution in [0.4, 0.5) is 5.69 Å². The van der Waals surface area contributed by atoms with E-state index in [1.54, 1.807) is 13.1 Å². The fourth-order valence-electron chi connectivity index (χ4n) is 1.66. The molecule has 108 valence electrons. The molecule has 1 unspecified atom stereocenters. The summed E-state index contributed by atoms with van der Waals surface area (Å²) < 4.78 is 31.4. The van der Waals surface area contributed by atoms with Gasteiger partial charge in [-0.15, -0.1) is 0 Å². The summed E-state index contributed by atoms with van der Waals surface area (Å²) in [6.45, 7) is 5.86. The molecule has 2 N–H and O–H groups in total. The zero-order chi connectivity index (χ0) is 14.8. The monoisotopic (exact) mass is 286 g/mol. The molecule has 0 saturated carbocycles. The van der Waals surface area contributed by atoms with Crippen LogP contribution in [0.15, 0.2) is 23.1 Å². The molecule has 1 aromatic rings. The van der Waals surface area contributed by atoms with Crippen LogP contribution in [0.2, 0.25) is 0 Å². The van der Waals surface area contributed by atoms with Crippen molar-refractivity contribution in [2.45, 2.75) is 31.7 Å². The zero-order valence-electron chi connectivity index (χ0n) is 12.0. The van der Waals surface area contributed by atoms with Gasteiger partial charge in [-0.3, -0.25) is 0 Å². The van der Waals surface area contributed by atoms with Crippen LogP contribution >= 0.6 is 0 Å². The predicted molar refractivity (Wildman–Crippen MR) is 76.7 cm³/mol. The maximum absolute atomic E-state index is 12.5. The Morgan fingerprint density at radius 3 is 2.32 bits per heavy atom. The number of benzene rings is 1. The third-order valence-electron chi connectivity index (χ3n) is 3.42. The molecule has 0 bridgehead atoms. The number of nitrogens with two attached hydrogens (primary N) is 1. The summed E-state index contributed by atoms with van der Waals surface area (Å²) in [6.07, 6.45) is 0. The summed E-state index contributed by atoms with van der Waals surface area (Å²) >= 11 is 0. The summed E-state index contributed by atoms with van der Waals surface area (Å²) in [7, 11) is -0.488. The Bertz CT molecular complexity index is 541. The fourth-order valence-corrected chi connectivity index (χ4v) is 3.17. The van der Waals surface area contributed by atoms with Crippen molar-refractivity contribution in [2.75, 3.05) is 19.9 Å². The maximum atomic E-state index is 12.5. The van der Waals surface area contributed by atoms with Crippen LogP contribution in [-0.4, -0.2) is 32.9 Å². The van der Waals surface area contributed by atoms with Crippen molar-refractivity contribution < 1.29 is 13.2 Å². The molecule has 0 radical (unpaired) electrons. The number of hydrogen-bond donors (Lipinski definition) is 1. The van der Waals surface area contributed by atoms with E-state index in [9.17, 15) is 8.42 Å². The highest BCUT2D eigenvalue weighted by Crippen LogP contribution is 2.27. The van der Waals surface area contributed by atoms with Gasteiger partial charge in [0.25, 0.3) is 0 Å². The second-order valence-corrected chi connectivity index (χ2v) is 6.91. The van der Waals surface area contributed by atoms with Crippen molar-refractivity contribution in [3.63, 3.8) is 0 Å². The second kappa shape index (κ2) is 5.79. The SMILES string of the molecule is COc1cc(S(=O)(=O)N(C)C(C)C(C)C)ccc1N. The van der Waals surface area contributed by atoms with Gasteiger partial charge in [0.1, 0.15) is 5.75 Å². The van der Waals surface area contributed by atoms with Crippen LogP contribution < -0.4 is 10.5 Å². The van der Waals surface area contributed by atoms with E-state index in [1.807, 2.05) is 20.8 Å². The summed E-state index contributed by atoms with van der Waals surface area (Å²) in [4.78, 5) is 0.188. The molecular formula is C13H22N2O3S. The minimum atomic E-state index is -3.53. The van der Waals surface area contributed by atoms with Crippen LogP contribution in [0.3, 0.4) is 0 Å². The van der Waals surface area contributed by atoms with E-state index >= 15 is 0 Å². The molecule has 0 aromatic heterocycles. The number of hydrogen-bond acceptors (Lipinski definition) is 4. The lowest BCUT2D eigenvalue weighted by Gasteiger charge is -2.27. The van der Waals surface area contributed by atoms with Crippen molar-refractivity contribution in [1.82, 2.24) is 4.31 Å². The van der Waals surface area contributed by atoms with Gasteiger partial charge < -0.3 is 10.5 Å². The van der Waals surface area contributed by atoms with Crippen molar-refractivity contribution in [3.05, 3.63) is 18.2 Å². The number of sulfonamides is 1. The lowest BCUT2D eigenvalue weighted by molar-refractivity contribution is 0.315. The summed E-state index contributed by atoms with van der Waals surface area (Å²) in [5.74, 6) is 0.599. The third kappa shape index (κ3) is 3.19. The molecule has 0 aliphatic rings. The summed E-state index contributed by atoms with van der Waals surface area (Å²) in [5, 5.41) is 0. The number of nitrogen functional groups attached to an aromatic ring is 1. The standard InChI is InChI=1S/C13H22N2O3S/c1-9(2)10(3)15(4)19(16,17)11-6-7-12(14)13(8-11)18-5/h6-10H,14H2,1-5H3. The molecule has 0 saturated heterocycles. The number of rotatable bonds is 5. The molecule has 0 fully saturated rings. The van der Waals surface area contributed by atoms with Crippen LogP contribution in [0.5, 0.6) is 5.75 Å². The smallest absolute Gasteiger partial charge is 0.243 e. The highest BCUT2D eigenvalue weighted by molar-refractivity contribution is 7.89. The van der Waals surface area contributed by atoms with E-state index in [0.717, 1.165) is 0 Å². The van der Waals surface area contributed by atoms with Gasteiger partial charge in [0.05, 0.1) is 17.7 Å². The van der Waals surface area contributed by atoms with Gasteiger partial charge in [0.2, 0.25) is 10.0 Å². The Morgan fingerprint density at radius 1 is 1.26 bits per heavy atom. The molecule has 0 spiro atoms. The van der Waals surface area contributed by atoms with Gasteiger partial charge in [-0.1, -0.05) is 13.8 Å². The highest BCUT2D eigenvalue weighted by Gasteiger charge is 2.27. The van der Waals surface area contributed by atoms with Crippen LogP contribution in [0.1, 0.15) is 20.8 Å². The number of nitrogens with zero attached hydrogens (tertiary/aromatic N) is 1. The van der Waals surface area contributed by atoms with Crippen LogP contribution in [-0.2, 0) is 10.0 Å². The molecule has 1 atom stereocenters. The first-order chi connectivity index (χ1) is 8.71. The second-order valence-electron chi connectivity index (χ2n) is 4.91. The van der Waals surface area contributed by atoms with E-state index in [-0.39, 0.29) is 16.9 Å². The average molecular weight is 286 g/mol. The molecule has 0 heterocycles. The first-order valence-electron chi connectivity index (χ1n) is 6.13. The molecule has 1 aromatic carbocycles. The van der Waals surface area contributed by atoms with Crippen molar-refractivity contribution in [3.8, 4) is 5.75 Å². The Balaban J connectivity index is 3.20. The zero-order valence-corrected chi connectivity index (χ0v) is 12.9. The lowest BCUT2D eigenvalue weighted by Crippen LogP contribution is -2.38. The van der Waals surface area contributed by atoms with Crippen LogP contribution in [0.25, 0.3) is 0 Å². The normalized spacial score (nSPS) is 13.8. The number of ether oxygens (including phenoxy) is 1. The van der Waals surface area contributed by atoms with Gasteiger partial charge in [-0.25, -0.2) is 8.42 Å². The largest absolute Gasteiger partial charge is 0.495 e. The van der Waals surface area contributed by atoms with E-state index in [0.29, 0.717) is 11.4 Å². The van der Waals surface area contributed by atoms with Gasteiger partial charge in [0, 0.05) is 19.2 Å². The van der Waals surface area contributed by atoms with Crippen molar-refractivity contribution >= 4 is 15.7 Å². The fraction of sp³-hybridized carbons (Fsp3) is 0.538. The molecule has 0 amide bonds. The molecule has 0 aliphatic carbocycles. The van der Waals surface area contributed by atoms with Crippen molar-refractivity contribution in [1.29, 1.82) is 0 Å². The predicted octanol–water partition coefficient (Wildman–Crippen LogP) is 1.94. The Morgan fingerprint density at radius 2 is 1.84 bits per heavy atom. The first-order valence-corrected chi connectivity index (χ1v) is 7.57. The molecule has 6 heteroatoms. The van der Waals surface area contributed by atoms with Gasteiger partial charge in [-0.05, 0) is 25.0 Å². The number of anilines is 1. The lowest BCUT2D eigenvalue weighted by atomic mass is 10.1. The summed E-state index contributed by atoms with van der Waals surface area (Å²) in [6, 6.07) is 4.40. The van der Waals surface area contributed by atoms with Gasteiger partial charge in [0.15, 0.2) is 0 Å². The Labute approximate surface area is 115 Å². The molecule has 5 nitrogen and oxygen atoms in total. The van der Waals surface area contributed by atoms with Crippen LogP contribution in [0, 0.1) is 5.92 Å². The quantitative estimate of drug-likeness (QED) is 0.840. The highest BCUT2D eigenvalue weighted by atomic mass is 32.2. The molecule has 1 rings (SSSR count). The van der Waals surface area contributed by atoms with E-state index in [4.69, 9.17) is 10.5 Å². The molecular weight excluding hydrogens is 264 g/mol. The molecule has 19 heavy (non-hydrogen) atoms.